The van der Waals surface area contributed by atoms with Gasteiger partial charge in [0.1, 0.15) is 6.10 Å². The first-order valence-electron chi connectivity index (χ1n) is 7.43. The molecule has 0 bridgehead atoms. The number of ether oxygens (including phenoxy) is 2. The molecule has 1 saturated heterocycles. The van der Waals surface area contributed by atoms with Crippen molar-refractivity contribution >= 4 is 5.91 Å². The van der Waals surface area contributed by atoms with Gasteiger partial charge >= 0.3 is 0 Å². The molecule has 6 heteroatoms. The molecule has 1 fully saturated rings. The lowest BCUT2D eigenvalue weighted by Gasteiger charge is -2.19. The van der Waals surface area contributed by atoms with Gasteiger partial charge in [0.25, 0.3) is 11.8 Å². The first-order chi connectivity index (χ1) is 10.1. The number of rotatable bonds is 6. The summed E-state index contributed by atoms with van der Waals surface area (Å²) >= 11 is 0. The van der Waals surface area contributed by atoms with E-state index < -0.39 is 0 Å². The Bertz CT molecular complexity index is 481. The Morgan fingerprint density at radius 1 is 1.43 bits per heavy atom. The summed E-state index contributed by atoms with van der Waals surface area (Å²) in [6, 6.07) is 0. The molecule has 0 aliphatic carbocycles. The minimum absolute atomic E-state index is 0.0449. The van der Waals surface area contributed by atoms with Crippen LogP contribution >= 0.6 is 0 Å². The van der Waals surface area contributed by atoms with Crippen LogP contribution in [0.5, 0.6) is 11.8 Å². The molecule has 2 unspecified atom stereocenters. The number of likely N-dealkylation sites (tertiary alicyclic amines) is 1. The Labute approximate surface area is 125 Å². The molecule has 6 nitrogen and oxygen atoms in total. The largest absolute Gasteiger partial charge is 0.477 e. The maximum absolute atomic E-state index is 12.2. The van der Waals surface area contributed by atoms with Crippen LogP contribution in [0.1, 0.15) is 33.1 Å². The van der Waals surface area contributed by atoms with E-state index in [4.69, 9.17) is 9.47 Å². The summed E-state index contributed by atoms with van der Waals surface area (Å²) in [5, 5.41) is 0. The maximum atomic E-state index is 12.2. The third-order valence-corrected chi connectivity index (χ3v) is 3.82. The van der Waals surface area contributed by atoms with Crippen molar-refractivity contribution in [2.45, 2.75) is 39.2 Å². The monoisotopic (exact) mass is 293 g/mol. The highest BCUT2D eigenvalue weighted by molar-refractivity contribution is 5.76. The first-order valence-corrected chi connectivity index (χ1v) is 7.43. The first kappa shape index (κ1) is 15.5. The molecule has 2 atom stereocenters. The molecule has 1 aromatic heterocycles. The van der Waals surface area contributed by atoms with Crippen LogP contribution in [-0.2, 0) is 4.79 Å². The number of methoxy groups -OCH3 is 1. The zero-order chi connectivity index (χ0) is 15.2. The number of hydrogen-bond donors (Lipinski definition) is 0. The Kier molecular flexibility index (Phi) is 5.36. The van der Waals surface area contributed by atoms with Crippen molar-refractivity contribution in [2.24, 2.45) is 5.92 Å². The van der Waals surface area contributed by atoms with E-state index in [9.17, 15) is 4.79 Å². The zero-order valence-electron chi connectivity index (χ0n) is 12.9. The highest BCUT2D eigenvalue weighted by atomic mass is 16.5. The van der Waals surface area contributed by atoms with Crippen LogP contribution in [0.25, 0.3) is 0 Å². The van der Waals surface area contributed by atoms with Gasteiger partial charge in [-0.2, -0.15) is 0 Å². The van der Waals surface area contributed by atoms with Crippen LogP contribution in [-0.4, -0.2) is 47.1 Å². The van der Waals surface area contributed by atoms with E-state index in [2.05, 4.69) is 23.8 Å². The average molecular weight is 293 g/mol. The topological polar surface area (TPSA) is 64.6 Å². The van der Waals surface area contributed by atoms with Crippen molar-refractivity contribution in [3.63, 3.8) is 0 Å². The van der Waals surface area contributed by atoms with E-state index >= 15 is 0 Å². The molecule has 0 aromatic carbocycles. The summed E-state index contributed by atoms with van der Waals surface area (Å²) in [5.74, 6) is 1.40. The number of amides is 1. The number of aromatic nitrogens is 2. The van der Waals surface area contributed by atoms with Crippen molar-refractivity contribution in [1.29, 1.82) is 0 Å². The molecular formula is C15H23N3O3. The molecule has 1 aliphatic rings. The smallest absolute Gasteiger partial charge is 0.278 e. The Balaban J connectivity index is 1.89. The molecule has 0 spiro atoms. The lowest BCUT2D eigenvalue weighted by Crippen LogP contribution is -2.31. The predicted molar refractivity (Wildman–Crippen MR) is 78.3 cm³/mol. The van der Waals surface area contributed by atoms with E-state index in [1.165, 1.54) is 7.11 Å². The van der Waals surface area contributed by atoms with Crippen molar-refractivity contribution in [1.82, 2.24) is 14.9 Å². The molecule has 2 heterocycles. The summed E-state index contributed by atoms with van der Waals surface area (Å²) in [6.07, 6.45) is 5.53. The van der Waals surface area contributed by atoms with Gasteiger partial charge in [0.2, 0.25) is 5.91 Å². The van der Waals surface area contributed by atoms with Gasteiger partial charge in [-0.05, 0) is 5.92 Å². The lowest BCUT2D eigenvalue weighted by atomic mass is 10.0. The molecule has 2 rings (SSSR count). The molecule has 0 radical (unpaired) electrons. The summed E-state index contributed by atoms with van der Waals surface area (Å²) in [6.45, 7) is 5.55. The van der Waals surface area contributed by atoms with Crippen molar-refractivity contribution in [2.75, 3.05) is 20.2 Å². The van der Waals surface area contributed by atoms with Gasteiger partial charge in [-0.1, -0.05) is 20.3 Å². The van der Waals surface area contributed by atoms with Crippen LogP contribution in [0.15, 0.2) is 12.4 Å². The van der Waals surface area contributed by atoms with Gasteiger partial charge in [0.15, 0.2) is 0 Å². The fourth-order valence-electron chi connectivity index (χ4n) is 2.31. The van der Waals surface area contributed by atoms with Gasteiger partial charge in [0.05, 0.1) is 13.7 Å². The molecule has 1 amide bonds. The predicted octanol–water partition coefficient (Wildman–Crippen LogP) is 1.90. The van der Waals surface area contributed by atoms with Crippen LogP contribution in [0.3, 0.4) is 0 Å². The van der Waals surface area contributed by atoms with Crippen LogP contribution in [0.4, 0.5) is 0 Å². The van der Waals surface area contributed by atoms with Crippen LogP contribution in [0.2, 0.25) is 0 Å². The zero-order valence-corrected chi connectivity index (χ0v) is 12.9. The average Bonchev–Trinajstić information content (AvgIpc) is 2.96. The fraction of sp³-hybridized carbons (Fsp3) is 0.667. The maximum Gasteiger partial charge on any atom is 0.278 e. The second kappa shape index (κ2) is 7.24. The van der Waals surface area contributed by atoms with E-state index in [1.54, 1.807) is 12.4 Å². The van der Waals surface area contributed by atoms with Gasteiger partial charge in [-0.25, -0.2) is 9.97 Å². The third-order valence-electron chi connectivity index (χ3n) is 3.82. The second-order valence-corrected chi connectivity index (χ2v) is 5.46. The minimum Gasteiger partial charge on any atom is -0.477 e. The van der Waals surface area contributed by atoms with Crippen LogP contribution < -0.4 is 9.47 Å². The van der Waals surface area contributed by atoms with Gasteiger partial charge in [-0.3, -0.25) is 4.79 Å². The SMILES string of the molecule is CCC(C)CC(=O)N1CCC(Oc2nccnc2OC)C1. The minimum atomic E-state index is -0.0449. The Morgan fingerprint density at radius 2 is 2.14 bits per heavy atom. The highest BCUT2D eigenvalue weighted by Gasteiger charge is 2.29. The Hall–Kier alpha value is -1.85. The van der Waals surface area contributed by atoms with Crippen molar-refractivity contribution < 1.29 is 14.3 Å². The highest BCUT2D eigenvalue weighted by Crippen LogP contribution is 2.24. The standard InChI is InChI=1S/C15H23N3O3/c1-4-11(2)9-13(19)18-8-5-12(10-18)21-15-14(20-3)16-6-7-17-15/h6-7,11-12H,4-5,8-10H2,1-3H3. The number of carbonyl (C=O) groups is 1. The van der Waals surface area contributed by atoms with Crippen molar-refractivity contribution in [3.05, 3.63) is 12.4 Å². The van der Waals surface area contributed by atoms with Gasteiger partial charge < -0.3 is 14.4 Å². The van der Waals surface area contributed by atoms with E-state index in [0.717, 1.165) is 19.4 Å². The molecule has 1 aliphatic heterocycles. The van der Waals surface area contributed by atoms with Gasteiger partial charge in [-0.15, -0.1) is 0 Å². The van der Waals surface area contributed by atoms with E-state index in [0.29, 0.717) is 30.6 Å². The number of hydrogen-bond acceptors (Lipinski definition) is 5. The summed E-state index contributed by atoms with van der Waals surface area (Å²) < 4.78 is 10.9. The quantitative estimate of drug-likeness (QED) is 0.801. The number of nitrogens with zero attached hydrogens (tertiary/aromatic N) is 3. The molecule has 0 N–H and O–H groups in total. The Morgan fingerprint density at radius 3 is 2.81 bits per heavy atom. The molecule has 116 valence electrons. The van der Waals surface area contributed by atoms with E-state index in [1.807, 2.05) is 4.90 Å². The summed E-state index contributed by atoms with van der Waals surface area (Å²) in [7, 11) is 1.54. The van der Waals surface area contributed by atoms with E-state index in [-0.39, 0.29) is 12.0 Å². The molecular weight excluding hydrogens is 270 g/mol. The molecule has 1 aromatic rings. The lowest BCUT2D eigenvalue weighted by molar-refractivity contribution is -0.131. The normalized spacial score (nSPS) is 19.4. The molecule has 21 heavy (non-hydrogen) atoms. The summed E-state index contributed by atoms with van der Waals surface area (Å²) in [4.78, 5) is 22.2. The summed E-state index contributed by atoms with van der Waals surface area (Å²) in [5.41, 5.74) is 0. The van der Waals surface area contributed by atoms with Crippen LogP contribution in [0, 0.1) is 5.92 Å². The molecule has 0 saturated carbocycles. The van der Waals surface area contributed by atoms with Gasteiger partial charge in [0, 0.05) is 31.8 Å². The number of carbonyl (C=O) groups excluding carboxylic acids is 1. The fourth-order valence-corrected chi connectivity index (χ4v) is 2.31. The second-order valence-electron chi connectivity index (χ2n) is 5.46. The van der Waals surface area contributed by atoms with Crippen molar-refractivity contribution in [3.8, 4) is 11.8 Å². The third kappa shape index (κ3) is 4.06.